The average molecular weight is 414 g/mol. The van der Waals surface area contributed by atoms with Crippen LogP contribution in [0, 0.1) is 5.92 Å². The van der Waals surface area contributed by atoms with E-state index in [2.05, 4.69) is 39.2 Å². The van der Waals surface area contributed by atoms with Crippen LogP contribution < -0.4 is 5.32 Å². The summed E-state index contributed by atoms with van der Waals surface area (Å²) in [5.74, 6) is 0.637. The number of ether oxygens (including phenoxy) is 2. The fraction of sp³-hybridized carbons (Fsp3) is 0.955. The van der Waals surface area contributed by atoms with Crippen LogP contribution in [0.1, 0.15) is 80.1 Å². The van der Waals surface area contributed by atoms with Crippen molar-refractivity contribution in [2.45, 2.75) is 122 Å². The van der Waals surface area contributed by atoms with E-state index in [1.165, 1.54) is 32.1 Å². The standard InChI is InChI=1S/C22H43NO4Si/c1-21(2,3)26-20(24)23-17(14-16-12-10-9-11-13-16)19(18-15-25-18)27-28(7,8)22(4,5)6/h16-19H,9-15H2,1-8H3,(H,23,24). The van der Waals surface area contributed by atoms with E-state index in [0.717, 1.165) is 13.0 Å². The first-order chi connectivity index (χ1) is 12.8. The van der Waals surface area contributed by atoms with Crippen molar-refractivity contribution in [3.63, 3.8) is 0 Å². The lowest BCUT2D eigenvalue weighted by molar-refractivity contribution is 0.0369. The first-order valence-electron chi connectivity index (χ1n) is 11.1. The van der Waals surface area contributed by atoms with Gasteiger partial charge in [0.1, 0.15) is 11.7 Å². The Labute approximate surface area is 173 Å². The molecule has 0 spiro atoms. The van der Waals surface area contributed by atoms with Crippen molar-refractivity contribution in [2.75, 3.05) is 6.61 Å². The minimum Gasteiger partial charge on any atom is -0.444 e. The highest BCUT2D eigenvalue weighted by Gasteiger charge is 2.47. The molecule has 0 aromatic carbocycles. The molecule has 1 amide bonds. The third kappa shape index (κ3) is 7.34. The second-order valence-corrected chi connectivity index (χ2v) is 16.0. The molecule has 1 N–H and O–H groups in total. The Balaban J connectivity index is 2.16. The van der Waals surface area contributed by atoms with Gasteiger partial charge in [0.25, 0.3) is 0 Å². The molecule has 1 saturated heterocycles. The minimum atomic E-state index is -1.99. The van der Waals surface area contributed by atoms with Crippen LogP contribution >= 0.6 is 0 Å². The second kappa shape index (κ2) is 9.05. The molecule has 1 heterocycles. The Kier molecular flexibility index (Phi) is 7.65. The first kappa shape index (κ1) is 23.7. The van der Waals surface area contributed by atoms with Crippen LogP contribution in [0.3, 0.4) is 0 Å². The number of hydrogen-bond donors (Lipinski definition) is 1. The Morgan fingerprint density at radius 3 is 2.14 bits per heavy atom. The normalized spacial score (nSPS) is 23.8. The molecule has 6 heteroatoms. The number of carbonyl (C=O) groups is 1. The molecular weight excluding hydrogens is 370 g/mol. The molecule has 0 bridgehead atoms. The largest absolute Gasteiger partial charge is 0.444 e. The van der Waals surface area contributed by atoms with E-state index >= 15 is 0 Å². The van der Waals surface area contributed by atoms with Crippen LogP contribution in [0.2, 0.25) is 18.1 Å². The second-order valence-electron chi connectivity index (χ2n) is 11.2. The van der Waals surface area contributed by atoms with E-state index in [0.29, 0.717) is 5.92 Å². The zero-order valence-electron chi connectivity index (χ0n) is 19.4. The number of amides is 1. The predicted octanol–water partition coefficient (Wildman–Crippen LogP) is 5.64. The van der Waals surface area contributed by atoms with Gasteiger partial charge in [-0.05, 0) is 51.2 Å². The number of epoxide rings is 1. The van der Waals surface area contributed by atoms with Gasteiger partial charge in [-0.2, -0.15) is 0 Å². The maximum absolute atomic E-state index is 12.6. The first-order valence-corrected chi connectivity index (χ1v) is 14.0. The molecule has 3 unspecified atom stereocenters. The van der Waals surface area contributed by atoms with Gasteiger partial charge in [0.05, 0.1) is 18.8 Å². The topological polar surface area (TPSA) is 60.1 Å². The van der Waals surface area contributed by atoms with Crippen molar-refractivity contribution < 1.29 is 18.7 Å². The monoisotopic (exact) mass is 413 g/mol. The van der Waals surface area contributed by atoms with Crippen LogP contribution in [0.25, 0.3) is 0 Å². The maximum atomic E-state index is 12.6. The quantitative estimate of drug-likeness (QED) is 0.433. The molecule has 164 valence electrons. The summed E-state index contributed by atoms with van der Waals surface area (Å²) in [6, 6.07) is -0.0698. The van der Waals surface area contributed by atoms with E-state index in [4.69, 9.17) is 13.9 Å². The van der Waals surface area contributed by atoms with Crippen LogP contribution in [-0.2, 0) is 13.9 Å². The number of rotatable bonds is 7. The molecule has 1 aliphatic carbocycles. The Bertz CT molecular complexity index is 514. The molecule has 3 atom stereocenters. The van der Waals surface area contributed by atoms with Gasteiger partial charge in [-0.3, -0.25) is 0 Å². The molecule has 0 aromatic rings. The summed E-state index contributed by atoms with van der Waals surface area (Å²) in [7, 11) is -1.99. The molecule has 0 aromatic heterocycles. The van der Waals surface area contributed by atoms with Gasteiger partial charge in [-0.25, -0.2) is 4.79 Å². The van der Waals surface area contributed by atoms with E-state index < -0.39 is 13.9 Å². The molecule has 0 radical (unpaired) electrons. The van der Waals surface area contributed by atoms with E-state index in [9.17, 15) is 4.79 Å². The Morgan fingerprint density at radius 2 is 1.68 bits per heavy atom. The van der Waals surface area contributed by atoms with Gasteiger partial charge in [-0.15, -0.1) is 0 Å². The summed E-state index contributed by atoms with van der Waals surface area (Å²) in [5, 5.41) is 3.28. The van der Waals surface area contributed by atoms with Gasteiger partial charge in [-0.1, -0.05) is 52.9 Å². The van der Waals surface area contributed by atoms with E-state index in [1.807, 2.05) is 20.8 Å². The van der Waals surface area contributed by atoms with Gasteiger partial charge < -0.3 is 19.2 Å². The lowest BCUT2D eigenvalue weighted by Gasteiger charge is -2.42. The molecule has 2 fully saturated rings. The van der Waals surface area contributed by atoms with Gasteiger partial charge in [0, 0.05) is 0 Å². The molecule has 2 rings (SSSR count). The molecule has 28 heavy (non-hydrogen) atoms. The third-order valence-corrected chi connectivity index (χ3v) is 10.8. The summed E-state index contributed by atoms with van der Waals surface area (Å²) >= 11 is 0. The minimum absolute atomic E-state index is 0.0698. The fourth-order valence-electron chi connectivity index (χ4n) is 3.70. The molecule has 5 nitrogen and oxygen atoms in total. The number of carbonyl (C=O) groups excluding carboxylic acids is 1. The molecule has 1 saturated carbocycles. The van der Waals surface area contributed by atoms with Crippen LogP contribution in [0.15, 0.2) is 0 Å². The van der Waals surface area contributed by atoms with E-state index in [1.54, 1.807) is 0 Å². The predicted molar refractivity (Wildman–Crippen MR) is 116 cm³/mol. The van der Waals surface area contributed by atoms with Gasteiger partial charge in [0.2, 0.25) is 0 Å². The molecule has 1 aliphatic heterocycles. The average Bonchev–Trinajstić information content (AvgIpc) is 3.35. The highest BCUT2D eigenvalue weighted by molar-refractivity contribution is 6.74. The fourth-order valence-corrected chi connectivity index (χ4v) is 5.05. The van der Waals surface area contributed by atoms with Crippen molar-refractivity contribution in [3.05, 3.63) is 0 Å². The van der Waals surface area contributed by atoms with E-state index in [-0.39, 0.29) is 29.4 Å². The smallest absolute Gasteiger partial charge is 0.407 e. The highest BCUT2D eigenvalue weighted by atomic mass is 28.4. The van der Waals surface area contributed by atoms with Crippen molar-refractivity contribution in [2.24, 2.45) is 5.92 Å². The lowest BCUT2D eigenvalue weighted by Crippen LogP contribution is -2.55. The van der Waals surface area contributed by atoms with Crippen molar-refractivity contribution in [3.8, 4) is 0 Å². The Hall–Kier alpha value is -0.593. The zero-order chi connectivity index (χ0) is 21.2. The molecule has 2 aliphatic rings. The number of alkyl carbamates (subject to hydrolysis) is 1. The summed E-state index contributed by atoms with van der Waals surface area (Å²) < 4.78 is 18.1. The van der Waals surface area contributed by atoms with Gasteiger partial charge in [0.15, 0.2) is 8.32 Å². The number of hydrogen-bond acceptors (Lipinski definition) is 4. The lowest BCUT2D eigenvalue weighted by atomic mass is 9.83. The van der Waals surface area contributed by atoms with Crippen molar-refractivity contribution >= 4 is 14.4 Å². The highest BCUT2D eigenvalue weighted by Crippen LogP contribution is 2.40. The van der Waals surface area contributed by atoms with Crippen LogP contribution in [-0.4, -0.2) is 44.9 Å². The summed E-state index contributed by atoms with van der Waals surface area (Å²) in [5.41, 5.74) is -0.509. The van der Waals surface area contributed by atoms with Crippen LogP contribution in [0.4, 0.5) is 4.79 Å². The summed E-state index contributed by atoms with van der Waals surface area (Å²) in [4.78, 5) is 12.6. The SMILES string of the molecule is CC(C)(C)OC(=O)NC(CC1CCCCC1)C(O[Si](C)(C)C(C)(C)C)C1CO1. The summed E-state index contributed by atoms with van der Waals surface area (Å²) in [6.07, 6.45) is 6.96. The summed E-state index contributed by atoms with van der Waals surface area (Å²) in [6.45, 7) is 17.7. The third-order valence-electron chi connectivity index (χ3n) is 6.37. The number of nitrogens with one attached hydrogen (secondary N) is 1. The van der Waals surface area contributed by atoms with Gasteiger partial charge >= 0.3 is 6.09 Å². The van der Waals surface area contributed by atoms with Crippen molar-refractivity contribution in [1.29, 1.82) is 0 Å². The zero-order valence-corrected chi connectivity index (χ0v) is 20.4. The Morgan fingerprint density at radius 1 is 1.11 bits per heavy atom. The maximum Gasteiger partial charge on any atom is 0.407 e. The molecular formula is C22H43NO4Si. The van der Waals surface area contributed by atoms with Crippen molar-refractivity contribution in [1.82, 2.24) is 5.32 Å². The van der Waals surface area contributed by atoms with Crippen LogP contribution in [0.5, 0.6) is 0 Å².